The number of rotatable bonds is 4. The minimum absolute atomic E-state index is 0.0655. The number of nitrogens with zero attached hydrogens (tertiary/aromatic N) is 3. The van der Waals surface area contributed by atoms with Crippen LogP contribution in [0.2, 0.25) is 0 Å². The van der Waals surface area contributed by atoms with E-state index in [4.69, 9.17) is 0 Å². The van der Waals surface area contributed by atoms with Crippen molar-refractivity contribution in [3.8, 4) is 0 Å². The molecular weight excluding hydrogens is 300 g/mol. The van der Waals surface area contributed by atoms with Gasteiger partial charge in [-0.25, -0.2) is 0 Å². The number of carbonyl (C=O) groups excluding carboxylic acids is 1. The van der Waals surface area contributed by atoms with Crippen molar-refractivity contribution in [2.45, 2.75) is 40.3 Å². The van der Waals surface area contributed by atoms with E-state index in [0.29, 0.717) is 5.69 Å². The van der Waals surface area contributed by atoms with Crippen LogP contribution in [0.3, 0.4) is 0 Å². The molecule has 0 radical (unpaired) electrons. The van der Waals surface area contributed by atoms with Crippen LogP contribution in [0.15, 0.2) is 30.3 Å². The highest BCUT2D eigenvalue weighted by Gasteiger charge is 2.21. The van der Waals surface area contributed by atoms with Gasteiger partial charge < -0.3 is 9.88 Å². The van der Waals surface area contributed by atoms with E-state index in [9.17, 15) is 4.79 Å². The third kappa shape index (κ3) is 2.60. The number of para-hydroxylation sites is 1. The van der Waals surface area contributed by atoms with Gasteiger partial charge in [-0.15, -0.1) is 0 Å². The van der Waals surface area contributed by atoms with Gasteiger partial charge in [-0.2, -0.15) is 5.10 Å². The zero-order valence-electron chi connectivity index (χ0n) is 14.9. The monoisotopic (exact) mass is 324 g/mol. The van der Waals surface area contributed by atoms with Crippen LogP contribution in [-0.2, 0) is 13.6 Å². The van der Waals surface area contributed by atoms with Gasteiger partial charge in [-0.3, -0.25) is 9.48 Å². The number of hydrogen-bond donors (Lipinski definition) is 1. The van der Waals surface area contributed by atoms with Gasteiger partial charge in [0.25, 0.3) is 5.91 Å². The lowest BCUT2D eigenvalue weighted by Crippen LogP contribution is -2.28. The standard InChI is InChI=1S/C19H24N4O/c1-6-23-14(4)18(13(3)21-23)12(2)20-19(24)17-11-15-9-7-8-10-16(15)22(17)5/h7-12H,6H2,1-5H3,(H,20,24)/t12-/m0/s1. The predicted octanol–water partition coefficient (Wildman–Crippen LogP) is 3.50. The molecule has 0 unspecified atom stereocenters. The Balaban J connectivity index is 1.89. The molecule has 24 heavy (non-hydrogen) atoms. The van der Waals surface area contributed by atoms with E-state index in [-0.39, 0.29) is 11.9 Å². The molecule has 0 bridgehead atoms. The lowest BCUT2D eigenvalue weighted by Gasteiger charge is -2.15. The summed E-state index contributed by atoms with van der Waals surface area (Å²) in [5.41, 5.74) is 4.91. The Kier molecular flexibility index (Phi) is 4.18. The van der Waals surface area contributed by atoms with E-state index < -0.39 is 0 Å². The topological polar surface area (TPSA) is 51.9 Å². The number of aromatic nitrogens is 3. The molecule has 0 saturated carbocycles. The summed E-state index contributed by atoms with van der Waals surface area (Å²) in [5.74, 6) is -0.0655. The summed E-state index contributed by atoms with van der Waals surface area (Å²) in [7, 11) is 1.92. The third-order valence-electron chi connectivity index (χ3n) is 4.70. The fourth-order valence-corrected chi connectivity index (χ4v) is 3.49. The normalized spacial score (nSPS) is 12.5. The van der Waals surface area contributed by atoms with Crippen LogP contribution in [0, 0.1) is 13.8 Å². The Morgan fingerprint density at radius 2 is 2.00 bits per heavy atom. The molecule has 1 amide bonds. The lowest BCUT2D eigenvalue weighted by molar-refractivity contribution is 0.0932. The van der Waals surface area contributed by atoms with E-state index in [0.717, 1.165) is 34.4 Å². The zero-order valence-corrected chi connectivity index (χ0v) is 14.9. The number of amides is 1. The fourth-order valence-electron chi connectivity index (χ4n) is 3.49. The van der Waals surface area contributed by atoms with Crippen LogP contribution >= 0.6 is 0 Å². The van der Waals surface area contributed by atoms with Crippen LogP contribution in [-0.4, -0.2) is 20.3 Å². The minimum atomic E-state index is -0.0872. The molecule has 0 aliphatic heterocycles. The van der Waals surface area contributed by atoms with Crippen molar-refractivity contribution in [2.24, 2.45) is 7.05 Å². The molecule has 3 rings (SSSR count). The van der Waals surface area contributed by atoms with Crippen molar-refractivity contribution < 1.29 is 4.79 Å². The van der Waals surface area contributed by atoms with Gasteiger partial charge in [0.05, 0.1) is 11.7 Å². The summed E-state index contributed by atoms with van der Waals surface area (Å²) < 4.78 is 3.91. The van der Waals surface area contributed by atoms with Gasteiger partial charge in [-0.05, 0) is 39.8 Å². The second-order valence-corrected chi connectivity index (χ2v) is 6.24. The maximum Gasteiger partial charge on any atom is 0.268 e. The molecule has 1 atom stereocenters. The molecule has 5 nitrogen and oxygen atoms in total. The van der Waals surface area contributed by atoms with Crippen molar-refractivity contribution in [3.63, 3.8) is 0 Å². The summed E-state index contributed by atoms with van der Waals surface area (Å²) in [6.07, 6.45) is 0. The molecule has 1 aromatic carbocycles. The molecule has 0 aliphatic carbocycles. The molecule has 0 fully saturated rings. The average Bonchev–Trinajstić information content (AvgIpc) is 3.04. The molecule has 2 aromatic heterocycles. The number of fused-ring (bicyclic) bond motifs is 1. The number of aryl methyl sites for hydroxylation is 3. The number of hydrogen-bond acceptors (Lipinski definition) is 2. The van der Waals surface area contributed by atoms with Crippen LogP contribution in [0.25, 0.3) is 10.9 Å². The number of carbonyl (C=O) groups is 1. The summed E-state index contributed by atoms with van der Waals surface area (Å²) >= 11 is 0. The Labute approximate surface area is 142 Å². The van der Waals surface area contributed by atoms with Crippen LogP contribution in [0.5, 0.6) is 0 Å². The molecule has 5 heteroatoms. The Morgan fingerprint density at radius 3 is 2.62 bits per heavy atom. The summed E-state index contributed by atoms with van der Waals surface area (Å²) in [5, 5.41) is 8.74. The molecule has 0 spiro atoms. The van der Waals surface area contributed by atoms with Crippen LogP contribution < -0.4 is 5.32 Å². The molecule has 0 aliphatic rings. The zero-order chi connectivity index (χ0) is 17.4. The van der Waals surface area contributed by atoms with E-state index in [1.165, 1.54) is 0 Å². The van der Waals surface area contributed by atoms with Crippen molar-refractivity contribution in [1.82, 2.24) is 19.7 Å². The first kappa shape index (κ1) is 16.3. The maximum absolute atomic E-state index is 12.8. The van der Waals surface area contributed by atoms with Crippen molar-refractivity contribution in [2.75, 3.05) is 0 Å². The molecule has 3 aromatic rings. The molecule has 2 heterocycles. The maximum atomic E-state index is 12.8. The van der Waals surface area contributed by atoms with E-state index in [2.05, 4.69) is 24.3 Å². The van der Waals surface area contributed by atoms with Crippen LogP contribution in [0.4, 0.5) is 0 Å². The summed E-state index contributed by atoms with van der Waals surface area (Å²) in [4.78, 5) is 12.8. The Hall–Kier alpha value is -2.56. The van der Waals surface area contributed by atoms with Gasteiger partial charge in [0.2, 0.25) is 0 Å². The van der Waals surface area contributed by atoms with Crippen molar-refractivity contribution in [3.05, 3.63) is 53.0 Å². The molecule has 0 saturated heterocycles. The quantitative estimate of drug-likeness (QED) is 0.798. The molecule has 1 N–H and O–H groups in total. The summed E-state index contributed by atoms with van der Waals surface area (Å²) in [6.45, 7) is 8.96. The first-order valence-corrected chi connectivity index (χ1v) is 8.33. The SMILES string of the molecule is CCn1nc(C)c([C@H](C)NC(=O)c2cc3ccccc3n2C)c1C. The van der Waals surface area contributed by atoms with E-state index in [1.807, 2.05) is 60.5 Å². The Bertz CT molecular complexity index is 904. The van der Waals surface area contributed by atoms with E-state index in [1.54, 1.807) is 0 Å². The van der Waals surface area contributed by atoms with Crippen molar-refractivity contribution >= 4 is 16.8 Å². The van der Waals surface area contributed by atoms with Crippen molar-refractivity contribution in [1.29, 1.82) is 0 Å². The number of nitrogens with one attached hydrogen (secondary N) is 1. The largest absolute Gasteiger partial charge is 0.344 e. The summed E-state index contributed by atoms with van der Waals surface area (Å²) in [6, 6.07) is 9.86. The highest BCUT2D eigenvalue weighted by Crippen LogP contribution is 2.23. The Morgan fingerprint density at radius 1 is 1.29 bits per heavy atom. The first-order valence-electron chi connectivity index (χ1n) is 8.33. The first-order chi connectivity index (χ1) is 11.4. The second-order valence-electron chi connectivity index (χ2n) is 6.24. The van der Waals surface area contributed by atoms with Gasteiger partial charge in [-0.1, -0.05) is 18.2 Å². The lowest BCUT2D eigenvalue weighted by atomic mass is 10.1. The smallest absolute Gasteiger partial charge is 0.268 e. The predicted molar refractivity (Wildman–Crippen MR) is 96.2 cm³/mol. The highest BCUT2D eigenvalue weighted by molar-refractivity contribution is 5.98. The molecular formula is C19H24N4O. The van der Waals surface area contributed by atoms with Gasteiger partial charge in [0, 0.05) is 35.8 Å². The highest BCUT2D eigenvalue weighted by atomic mass is 16.2. The van der Waals surface area contributed by atoms with Gasteiger partial charge in [0.1, 0.15) is 5.69 Å². The fraction of sp³-hybridized carbons (Fsp3) is 0.368. The van der Waals surface area contributed by atoms with Crippen LogP contribution in [0.1, 0.15) is 47.3 Å². The van der Waals surface area contributed by atoms with E-state index >= 15 is 0 Å². The van der Waals surface area contributed by atoms with Gasteiger partial charge >= 0.3 is 0 Å². The number of benzene rings is 1. The van der Waals surface area contributed by atoms with Gasteiger partial charge in [0.15, 0.2) is 0 Å². The second kappa shape index (κ2) is 6.15. The third-order valence-corrected chi connectivity index (χ3v) is 4.70. The molecule has 126 valence electrons. The minimum Gasteiger partial charge on any atom is -0.344 e. The average molecular weight is 324 g/mol.